The maximum absolute atomic E-state index is 12.1. The van der Waals surface area contributed by atoms with Crippen molar-refractivity contribution in [3.63, 3.8) is 0 Å². The number of carbonyl (C=O) groups is 1. The van der Waals surface area contributed by atoms with Crippen LogP contribution in [-0.2, 0) is 0 Å². The number of anilines is 1. The quantitative estimate of drug-likeness (QED) is 0.779. The van der Waals surface area contributed by atoms with Gasteiger partial charge in [-0.05, 0) is 55.7 Å². The molecule has 4 heteroatoms. The van der Waals surface area contributed by atoms with Gasteiger partial charge in [0, 0.05) is 23.8 Å². The Morgan fingerprint density at radius 1 is 1.33 bits per heavy atom. The highest BCUT2D eigenvalue weighted by Crippen LogP contribution is 2.45. The molecule has 3 N–H and O–H groups in total. The van der Waals surface area contributed by atoms with Crippen molar-refractivity contribution in [1.82, 2.24) is 5.32 Å². The molecule has 0 spiro atoms. The highest BCUT2D eigenvalue weighted by molar-refractivity contribution is 5.97. The summed E-state index contributed by atoms with van der Waals surface area (Å²) < 4.78 is 0. The zero-order valence-electron chi connectivity index (χ0n) is 12.6. The van der Waals surface area contributed by atoms with Gasteiger partial charge >= 0.3 is 0 Å². The summed E-state index contributed by atoms with van der Waals surface area (Å²) in [7, 11) is 0. The molecule has 2 saturated carbocycles. The minimum Gasteiger partial charge on any atom is -0.395 e. The second kappa shape index (κ2) is 6.06. The van der Waals surface area contributed by atoms with Gasteiger partial charge in [0.15, 0.2) is 0 Å². The molecular formula is C17H24N2O2. The highest BCUT2D eigenvalue weighted by Gasteiger charge is 2.39. The smallest absolute Gasteiger partial charge is 0.251 e. The Morgan fingerprint density at radius 2 is 2.19 bits per heavy atom. The number of fused-ring (bicyclic) bond motifs is 2. The molecule has 1 aromatic carbocycles. The molecule has 0 aliphatic heterocycles. The van der Waals surface area contributed by atoms with E-state index in [0.717, 1.165) is 23.1 Å². The van der Waals surface area contributed by atoms with Crippen LogP contribution in [0.2, 0.25) is 0 Å². The maximum Gasteiger partial charge on any atom is 0.251 e. The van der Waals surface area contributed by atoms with Crippen LogP contribution in [0.3, 0.4) is 0 Å². The zero-order chi connectivity index (χ0) is 14.8. The molecule has 21 heavy (non-hydrogen) atoms. The van der Waals surface area contributed by atoms with Crippen molar-refractivity contribution in [2.24, 2.45) is 11.8 Å². The monoisotopic (exact) mass is 288 g/mol. The van der Waals surface area contributed by atoms with E-state index in [1.54, 1.807) is 0 Å². The van der Waals surface area contributed by atoms with Crippen LogP contribution in [0.1, 0.15) is 41.6 Å². The Kier molecular flexibility index (Phi) is 4.15. The van der Waals surface area contributed by atoms with Crippen LogP contribution in [-0.4, -0.2) is 30.2 Å². The largest absolute Gasteiger partial charge is 0.395 e. The molecule has 4 nitrogen and oxygen atoms in total. The molecule has 2 aliphatic rings. The van der Waals surface area contributed by atoms with Gasteiger partial charge in [0.2, 0.25) is 0 Å². The second-order valence-corrected chi connectivity index (χ2v) is 6.38. The average molecular weight is 288 g/mol. The molecule has 2 aliphatic carbocycles. The van der Waals surface area contributed by atoms with Crippen molar-refractivity contribution in [1.29, 1.82) is 0 Å². The Hall–Kier alpha value is -1.55. The van der Waals surface area contributed by atoms with Crippen LogP contribution in [0.25, 0.3) is 0 Å². The highest BCUT2D eigenvalue weighted by atomic mass is 16.3. The average Bonchev–Trinajstić information content (AvgIpc) is 3.09. The van der Waals surface area contributed by atoms with E-state index < -0.39 is 0 Å². The van der Waals surface area contributed by atoms with E-state index in [9.17, 15) is 4.79 Å². The standard InChI is InChI=1S/C17H24N2O2/c1-11-14(17(21)18-7-8-20)3-2-4-15(11)19-16-10-12-5-6-13(16)9-12/h2-4,12-13,16,19-20H,5-10H2,1H3,(H,18,21). The van der Waals surface area contributed by atoms with Gasteiger partial charge in [-0.1, -0.05) is 12.5 Å². The number of hydrogen-bond acceptors (Lipinski definition) is 3. The van der Waals surface area contributed by atoms with E-state index in [0.29, 0.717) is 18.2 Å². The number of aliphatic hydroxyl groups excluding tert-OH is 1. The fourth-order valence-corrected chi connectivity index (χ4v) is 3.92. The number of aliphatic hydroxyl groups is 1. The van der Waals surface area contributed by atoms with Crippen molar-refractivity contribution >= 4 is 11.6 Å². The van der Waals surface area contributed by atoms with Gasteiger partial charge < -0.3 is 15.7 Å². The van der Waals surface area contributed by atoms with E-state index in [2.05, 4.69) is 16.7 Å². The van der Waals surface area contributed by atoms with E-state index in [1.807, 2.05) is 19.1 Å². The van der Waals surface area contributed by atoms with E-state index in [4.69, 9.17) is 5.11 Å². The Labute approximate surface area is 125 Å². The predicted molar refractivity (Wildman–Crippen MR) is 83.5 cm³/mol. The van der Waals surface area contributed by atoms with Crippen LogP contribution in [0.5, 0.6) is 0 Å². The third kappa shape index (κ3) is 2.91. The number of rotatable bonds is 5. The lowest BCUT2D eigenvalue weighted by Gasteiger charge is -2.25. The minimum atomic E-state index is -0.113. The van der Waals surface area contributed by atoms with Crippen molar-refractivity contribution in [3.8, 4) is 0 Å². The van der Waals surface area contributed by atoms with Crippen LogP contribution in [0.4, 0.5) is 5.69 Å². The topological polar surface area (TPSA) is 61.4 Å². The van der Waals surface area contributed by atoms with Crippen molar-refractivity contribution in [2.45, 2.75) is 38.6 Å². The van der Waals surface area contributed by atoms with Crippen LogP contribution >= 0.6 is 0 Å². The molecule has 2 bridgehead atoms. The Balaban J connectivity index is 1.72. The molecule has 0 aromatic heterocycles. The third-order valence-electron chi connectivity index (χ3n) is 5.05. The van der Waals surface area contributed by atoms with Crippen molar-refractivity contribution < 1.29 is 9.90 Å². The Morgan fingerprint density at radius 3 is 2.86 bits per heavy atom. The molecule has 1 amide bonds. The van der Waals surface area contributed by atoms with Gasteiger partial charge in [0.1, 0.15) is 0 Å². The molecule has 0 radical (unpaired) electrons. The summed E-state index contributed by atoms with van der Waals surface area (Å²) in [5.74, 6) is 1.60. The van der Waals surface area contributed by atoms with E-state index in [-0.39, 0.29) is 12.5 Å². The molecule has 1 aromatic rings. The summed E-state index contributed by atoms with van der Waals surface area (Å²) in [6.07, 6.45) is 5.38. The fraction of sp³-hybridized carbons (Fsp3) is 0.588. The van der Waals surface area contributed by atoms with E-state index in [1.165, 1.54) is 25.7 Å². The van der Waals surface area contributed by atoms with Gasteiger partial charge in [0.25, 0.3) is 5.91 Å². The Bertz CT molecular complexity index is 530. The molecule has 2 fully saturated rings. The third-order valence-corrected chi connectivity index (χ3v) is 5.05. The molecule has 0 heterocycles. The first kappa shape index (κ1) is 14.4. The van der Waals surface area contributed by atoms with Crippen LogP contribution < -0.4 is 10.6 Å². The molecule has 3 rings (SSSR count). The number of nitrogens with one attached hydrogen (secondary N) is 2. The minimum absolute atomic E-state index is 0.0339. The molecule has 114 valence electrons. The molecule has 3 atom stereocenters. The summed E-state index contributed by atoms with van der Waals surface area (Å²) in [6, 6.07) is 6.40. The number of benzene rings is 1. The lowest BCUT2D eigenvalue weighted by Crippen LogP contribution is -2.28. The van der Waals surface area contributed by atoms with Crippen LogP contribution in [0, 0.1) is 18.8 Å². The number of carbonyl (C=O) groups excluding carboxylic acids is 1. The van der Waals surface area contributed by atoms with Gasteiger partial charge in [-0.3, -0.25) is 4.79 Å². The first-order valence-corrected chi connectivity index (χ1v) is 7.94. The maximum atomic E-state index is 12.1. The van der Waals surface area contributed by atoms with Gasteiger partial charge in [0.05, 0.1) is 6.61 Å². The van der Waals surface area contributed by atoms with Gasteiger partial charge in [-0.15, -0.1) is 0 Å². The molecular weight excluding hydrogens is 264 g/mol. The van der Waals surface area contributed by atoms with Gasteiger partial charge in [-0.2, -0.15) is 0 Å². The molecule has 0 saturated heterocycles. The van der Waals surface area contributed by atoms with Crippen molar-refractivity contribution in [2.75, 3.05) is 18.5 Å². The van der Waals surface area contributed by atoms with Crippen LogP contribution in [0.15, 0.2) is 18.2 Å². The predicted octanol–water partition coefficient (Wildman–Crippen LogP) is 2.32. The zero-order valence-corrected chi connectivity index (χ0v) is 12.6. The fourth-order valence-electron chi connectivity index (χ4n) is 3.92. The van der Waals surface area contributed by atoms with Gasteiger partial charge in [-0.25, -0.2) is 0 Å². The number of amides is 1. The summed E-state index contributed by atoms with van der Waals surface area (Å²) in [5.41, 5.74) is 2.76. The normalized spacial score (nSPS) is 26.9. The number of hydrogen-bond donors (Lipinski definition) is 3. The summed E-state index contributed by atoms with van der Waals surface area (Å²) in [6.45, 7) is 2.25. The lowest BCUT2D eigenvalue weighted by molar-refractivity contribution is 0.0944. The van der Waals surface area contributed by atoms with E-state index >= 15 is 0 Å². The summed E-state index contributed by atoms with van der Waals surface area (Å²) in [5, 5.41) is 15.2. The summed E-state index contributed by atoms with van der Waals surface area (Å²) in [4.78, 5) is 12.1. The summed E-state index contributed by atoms with van der Waals surface area (Å²) >= 11 is 0. The lowest BCUT2D eigenvalue weighted by atomic mass is 9.94. The second-order valence-electron chi connectivity index (χ2n) is 6.38. The SMILES string of the molecule is Cc1c(NC2CC3CCC2C3)cccc1C(=O)NCCO. The first-order valence-electron chi connectivity index (χ1n) is 7.94. The molecule has 3 unspecified atom stereocenters. The first-order chi connectivity index (χ1) is 10.2. The van der Waals surface area contributed by atoms with Crippen molar-refractivity contribution in [3.05, 3.63) is 29.3 Å².